The molecule has 2 aromatic rings. The molecule has 2 rings (SSSR count). The van der Waals surface area contributed by atoms with E-state index in [2.05, 4.69) is 34.1 Å². The number of rotatable bonds is 6. The minimum atomic E-state index is -0.761. The first kappa shape index (κ1) is 14.4. The summed E-state index contributed by atoms with van der Waals surface area (Å²) in [6.45, 7) is 4.99. The quantitative estimate of drug-likeness (QED) is 0.848. The number of hydrogen-bond acceptors (Lipinski definition) is 6. The molecule has 0 saturated heterocycles. The standard InChI is InChI=1S/C13H19N5O2/c1-9(2)7-18-12(14-8-15-18)6-11(19)10-4-5-13(20-3)17-16-10/h4-5,8-9,11,19H,6-7H2,1-3H3. The monoisotopic (exact) mass is 277 g/mol. The Morgan fingerprint density at radius 2 is 2.10 bits per heavy atom. The third-order valence-corrected chi connectivity index (χ3v) is 2.82. The molecule has 0 saturated carbocycles. The summed E-state index contributed by atoms with van der Waals surface area (Å²) in [7, 11) is 1.52. The van der Waals surface area contributed by atoms with Crippen LogP contribution in [0.5, 0.6) is 5.88 Å². The summed E-state index contributed by atoms with van der Waals surface area (Å²) >= 11 is 0. The number of methoxy groups -OCH3 is 1. The minimum absolute atomic E-state index is 0.355. The first-order chi connectivity index (χ1) is 9.60. The van der Waals surface area contributed by atoms with E-state index in [0.29, 0.717) is 23.9 Å². The van der Waals surface area contributed by atoms with Crippen LogP contribution in [0.2, 0.25) is 0 Å². The zero-order chi connectivity index (χ0) is 14.5. The van der Waals surface area contributed by atoms with Crippen molar-refractivity contribution in [2.24, 2.45) is 5.92 Å². The third-order valence-electron chi connectivity index (χ3n) is 2.82. The van der Waals surface area contributed by atoms with Crippen molar-refractivity contribution in [2.45, 2.75) is 32.9 Å². The van der Waals surface area contributed by atoms with Crippen molar-refractivity contribution < 1.29 is 9.84 Å². The highest BCUT2D eigenvalue weighted by Crippen LogP contribution is 2.16. The van der Waals surface area contributed by atoms with Gasteiger partial charge in [-0.15, -0.1) is 10.2 Å². The van der Waals surface area contributed by atoms with Crippen molar-refractivity contribution in [2.75, 3.05) is 7.11 Å². The van der Waals surface area contributed by atoms with Crippen LogP contribution in [0, 0.1) is 5.92 Å². The van der Waals surface area contributed by atoms with E-state index in [-0.39, 0.29) is 0 Å². The van der Waals surface area contributed by atoms with Crippen molar-refractivity contribution in [3.63, 3.8) is 0 Å². The lowest BCUT2D eigenvalue weighted by atomic mass is 10.1. The molecule has 7 heteroatoms. The summed E-state index contributed by atoms with van der Waals surface area (Å²) in [4.78, 5) is 4.19. The molecule has 1 N–H and O–H groups in total. The fourth-order valence-corrected chi connectivity index (χ4v) is 1.84. The van der Waals surface area contributed by atoms with Gasteiger partial charge in [0.2, 0.25) is 5.88 Å². The smallest absolute Gasteiger partial charge is 0.233 e. The van der Waals surface area contributed by atoms with Crippen LogP contribution in [0.25, 0.3) is 0 Å². The van der Waals surface area contributed by atoms with Gasteiger partial charge < -0.3 is 9.84 Å². The van der Waals surface area contributed by atoms with Crippen LogP contribution in [-0.4, -0.2) is 37.2 Å². The van der Waals surface area contributed by atoms with Gasteiger partial charge in [0.15, 0.2) is 0 Å². The van der Waals surface area contributed by atoms with Crippen molar-refractivity contribution in [1.29, 1.82) is 0 Å². The Bertz CT molecular complexity index is 538. The summed E-state index contributed by atoms with van der Waals surface area (Å²) in [6.07, 6.45) is 1.10. The largest absolute Gasteiger partial charge is 0.480 e. The molecule has 0 amide bonds. The van der Waals surface area contributed by atoms with E-state index in [1.165, 1.54) is 13.4 Å². The zero-order valence-electron chi connectivity index (χ0n) is 11.9. The fourth-order valence-electron chi connectivity index (χ4n) is 1.84. The van der Waals surface area contributed by atoms with Crippen LogP contribution in [0.1, 0.15) is 31.5 Å². The maximum Gasteiger partial charge on any atom is 0.233 e. The molecule has 0 radical (unpaired) electrons. The van der Waals surface area contributed by atoms with Gasteiger partial charge in [0.25, 0.3) is 0 Å². The van der Waals surface area contributed by atoms with Gasteiger partial charge in [-0.05, 0) is 12.0 Å². The van der Waals surface area contributed by atoms with Crippen molar-refractivity contribution >= 4 is 0 Å². The van der Waals surface area contributed by atoms with Crippen LogP contribution in [0.4, 0.5) is 0 Å². The van der Waals surface area contributed by atoms with Crippen LogP contribution in [0.3, 0.4) is 0 Å². The topological polar surface area (TPSA) is 86.0 Å². The Kier molecular flexibility index (Phi) is 4.62. The molecule has 7 nitrogen and oxygen atoms in total. The van der Waals surface area contributed by atoms with Gasteiger partial charge in [-0.25, -0.2) is 9.67 Å². The lowest BCUT2D eigenvalue weighted by molar-refractivity contribution is 0.167. The molecule has 1 atom stereocenters. The molecular formula is C13H19N5O2. The molecule has 0 aliphatic carbocycles. The van der Waals surface area contributed by atoms with Gasteiger partial charge in [0, 0.05) is 19.0 Å². The van der Waals surface area contributed by atoms with E-state index in [9.17, 15) is 5.11 Å². The van der Waals surface area contributed by atoms with Crippen LogP contribution in [-0.2, 0) is 13.0 Å². The second-order valence-corrected chi connectivity index (χ2v) is 4.97. The Labute approximate surface area is 117 Å². The van der Waals surface area contributed by atoms with E-state index in [1.54, 1.807) is 12.1 Å². The molecule has 108 valence electrons. The Balaban J connectivity index is 2.06. The SMILES string of the molecule is COc1ccc(C(O)Cc2ncnn2CC(C)C)nn1. The number of hydrogen-bond donors (Lipinski definition) is 1. The highest BCUT2D eigenvalue weighted by molar-refractivity contribution is 5.13. The average molecular weight is 277 g/mol. The molecule has 0 spiro atoms. The lowest BCUT2D eigenvalue weighted by Gasteiger charge is -2.12. The van der Waals surface area contributed by atoms with E-state index >= 15 is 0 Å². The van der Waals surface area contributed by atoms with Crippen molar-refractivity contribution in [3.05, 3.63) is 30.0 Å². The van der Waals surface area contributed by atoms with Gasteiger partial charge in [0.1, 0.15) is 18.3 Å². The highest BCUT2D eigenvalue weighted by Gasteiger charge is 2.15. The summed E-state index contributed by atoms with van der Waals surface area (Å²) in [5.41, 5.74) is 0.491. The molecule has 0 fully saturated rings. The normalized spacial score (nSPS) is 12.7. The highest BCUT2D eigenvalue weighted by atomic mass is 16.5. The molecule has 0 aliphatic heterocycles. The second-order valence-electron chi connectivity index (χ2n) is 4.97. The van der Waals surface area contributed by atoms with Gasteiger partial charge in [-0.1, -0.05) is 13.8 Å². The molecule has 2 heterocycles. The third kappa shape index (κ3) is 3.51. The predicted octanol–water partition coefficient (Wildman–Crippen LogP) is 1.01. The van der Waals surface area contributed by atoms with Crippen molar-refractivity contribution in [1.82, 2.24) is 25.0 Å². The first-order valence-corrected chi connectivity index (χ1v) is 6.52. The second kappa shape index (κ2) is 6.42. The number of aliphatic hydroxyl groups excluding tert-OH is 1. The number of nitrogens with zero attached hydrogens (tertiary/aromatic N) is 5. The summed E-state index contributed by atoms with van der Waals surface area (Å²) in [5.74, 6) is 1.63. The van der Waals surface area contributed by atoms with E-state index in [1.807, 2.05) is 4.68 Å². The van der Waals surface area contributed by atoms with E-state index in [0.717, 1.165) is 12.4 Å². The summed E-state index contributed by atoms with van der Waals surface area (Å²) in [6, 6.07) is 3.37. The number of ether oxygens (including phenoxy) is 1. The molecule has 2 aromatic heterocycles. The Morgan fingerprint density at radius 3 is 2.70 bits per heavy atom. The van der Waals surface area contributed by atoms with Crippen LogP contribution >= 0.6 is 0 Å². The average Bonchev–Trinajstić information content (AvgIpc) is 2.85. The Morgan fingerprint density at radius 1 is 1.30 bits per heavy atom. The molecule has 20 heavy (non-hydrogen) atoms. The molecular weight excluding hydrogens is 258 g/mol. The lowest BCUT2D eigenvalue weighted by Crippen LogP contribution is -2.14. The van der Waals surface area contributed by atoms with E-state index in [4.69, 9.17) is 4.74 Å². The minimum Gasteiger partial charge on any atom is -0.480 e. The molecule has 0 aromatic carbocycles. The summed E-state index contributed by atoms with van der Waals surface area (Å²) in [5, 5.41) is 22.1. The molecule has 0 aliphatic rings. The number of aromatic nitrogens is 5. The van der Waals surface area contributed by atoms with Gasteiger partial charge in [-0.3, -0.25) is 0 Å². The fraction of sp³-hybridized carbons (Fsp3) is 0.538. The van der Waals surface area contributed by atoms with Crippen LogP contribution in [0.15, 0.2) is 18.5 Å². The van der Waals surface area contributed by atoms with E-state index < -0.39 is 6.10 Å². The zero-order valence-corrected chi connectivity index (χ0v) is 11.9. The van der Waals surface area contributed by atoms with Gasteiger partial charge in [-0.2, -0.15) is 5.10 Å². The first-order valence-electron chi connectivity index (χ1n) is 6.52. The van der Waals surface area contributed by atoms with Gasteiger partial charge in [0.05, 0.1) is 12.8 Å². The van der Waals surface area contributed by atoms with Crippen molar-refractivity contribution in [3.8, 4) is 5.88 Å². The maximum atomic E-state index is 10.2. The summed E-state index contributed by atoms with van der Waals surface area (Å²) < 4.78 is 6.75. The predicted molar refractivity (Wildman–Crippen MR) is 72.1 cm³/mol. The number of aliphatic hydroxyl groups is 1. The maximum absolute atomic E-state index is 10.2. The van der Waals surface area contributed by atoms with Crippen LogP contribution < -0.4 is 4.74 Å². The Hall–Kier alpha value is -2.02. The van der Waals surface area contributed by atoms with Gasteiger partial charge >= 0.3 is 0 Å². The molecule has 1 unspecified atom stereocenters. The molecule has 0 bridgehead atoms.